The first-order chi connectivity index (χ1) is 9.22. The Bertz CT molecular complexity index is 577. The van der Waals surface area contributed by atoms with Crippen molar-refractivity contribution in [1.82, 2.24) is 9.78 Å². The molecule has 1 unspecified atom stereocenters. The highest BCUT2D eigenvalue weighted by molar-refractivity contribution is 5.34. The summed E-state index contributed by atoms with van der Waals surface area (Å²) in [6.45, 7) is 1.46. The number of benzene rings is 1. The van der Waals surface area contributed by atoms with Crippen molar-refractivity contribution in [2.24, 2.45) is 12.8 Å². The van der Waals surface area contributed by atoms with Gasteiger partial charge in [0.15, 0.2) is 0 Å². The molecule has 4 nitrogen and oxygen atoms in total. The van der Waals surface area contributed by atoms with Gasteiger partial charge >= 0.3 is 0 Å². The second kappa shape index (κ2) is 5.15. The van der Waals surface area contributed by atoms with Crippen molar-refractivity contribution < 1.29 is 4.74 Å². The number of nitrogens with two attached hydrogens (primary N) is 1. The molecule has 1 aromatic carbocycles. The van der Waals surface area contributed by atoms with Crippen molar-refractivity contribution >= 4 is 0 Å². The van der Waals surface area contributed by atoms with Crippen LogP contribution >= 0.6 is 0 Å². The van der Waals surface area contributed by atoms with E-state index < -0.39 is 0 Å². The smallest absolute Gasteiger partial charge is 0.0725 e. The molecular weight excluding hydrogens is 238 g/mol. The third kappa shape index (κ3) is 2.69. The SMILES string of the molecule is Cn1cc(CCC(N)c2ccc3c(c2)COC3)cn1. The van der Waals surface area contributed by atoms with Gasteiger partial charge in [0.1, 0.15) is 0 Å². The summed E-state index contributed by atoms with van der Waals surface area (Å²) < 4.78 is 7.26. The van der Waals surface area contributed by atoms with Crippen LogP contribution in [0.2, 0.25) is 0 Å². The molecule has 0 amide bonds. The van der Waals surface area contributed by atoms with Crippen molar-refractivity contribution in [2.75, 3.05) is 0 Å². The Balaban J connectivity index is 1.65. The van der Waals surface area contributed by atoms with E-state index in [1.54, 1.807) is 0 Å². The molecule has 4 heteroatoms. The molecule has 2 N–H and O–H groups in total. The van der Waals surface area contributed by atoms with Crippen molar-refractivity contribution in [3.05, 3.63) is 52.8 Å². The van der Waals surface area contributed by atoms with Crippen molar-refractivity contribution in [3.63, 3.8) is 0 Å². The van der Waals surface area contributed by atoms with Gasteiger partial charge in [0, 0.05) is 19.3 Å². The maximum absolute atomic E-state index is 6.28. The lowest BCUT2D eigenvalue weighted by atomic mass is 9.97. The summed E-state index contributed by atoms with van der Waals surface area (Å²) in [5.41, 5.74) is 11.3. The average Bonchev–Trinajstić information content (AvgIpc) is 3.03. The Kier molecular flexibility index (Phi) is 3.36. The summed E-state index contributed by atoms with van der Waals surface area (Å²) in [6, 6.07) is 6.53. The van der Waals surface area contributed by atoms with Gasteiger partial charge in [-0.15, -0.1) is 0 Å². The Morgan fingerprint density at radius 3 is 3.00 bits per heavy atom. The minimum absolute atomic E-state index is 0.0751. The molecule has 2 heterocycles. The maximum Gasteiger partial charge on any atom is 0.0725 e. The number of aromatic nitrogens is 2. The topological polar surface area (TPSA) is 53.1 Å². The van der Waals surface area contributed by atoms with Gasteiger partial charge in [0.05, 0.1) is 19.4 Å². The molecule has 3 rings (SSSR count). The molecule has 0 saturated heterocycles. The first-order valence-electron chi connectivity index (χ1n) is 6.65. The molecule has 1 aliphatic heterocycles. The van der Waals surface area contributed by atoms with Crippen LogP contribution in [0.25, 0.3) is 0 Å². The van der Waals surface area contributed by atoms with Crippen LogP contribution in [0, 0.1) is 0 Å². The van der Waals surface area contributed by atoms with Gasteiger partial charge in [-0.2, -0.15) is 5.10 Å². The lowest BCUT2D eigenvalue weighted by molar-refractivity contribution is 0.134. The number of aryl methyl sites for hydroxylation is 2. The number of hydrogen-bond donors (Lipinski definition) is 1. The fourth-order valence-electron chi connectivity index (χ4n) is 2.51. The number of ether oxygens (including phenoxy) is 1. The predicted octanol–water partition coefficient (Wildman–Crippen LogP) is 2.08. The molecule has 0 aliphatic carbocycles. The molecule has 2 aromatic rings. The van der Waals surface area contributed by atoms with Crippen LogP contribution < -0.4 is 5.73 Å². The van der Waals surface area contributed by atoms with Crippen LogP contribution in [0.3, 0.4) is 0 Å². The van der Waals surface area contributed by atoms with Gasteiger partial charge in [0.2, 0.25) is 0 Å². The third-order valence-corrected chi connectivity index (χ3v) is 3.68. The van der Waals surface area contributed by atoms with Gasteiger partial charge in [0.25, 0.3) is 0 Å². The van der Waals surface area contributed by atoms with E-state index in [1.165, 1.54) is 22.3 Å². The molecule has 0 radical (unpaired) electrons. The zero-order valence-corrected chi connectivity index (χ0v) is 11.2. The van der Waals surface area contributed by atoms with Crippen LogP contribution in [0.15, 0.2) is 30.6 Å². The molecule has 0 bridgehead atoms. The standard InChI is InChI=1S/C15H19N3O/c1-18-8-11(7-17-18)2-5-15(16)12-3-4-13-9-19-10-14(13)6-12/h3-4,6-8,15H,2,5,9-10,16H2,1H3. The lowest BCUT2D eigenvalue weighted by Crippen LogP contribution is -2.11. The van der Waals surface area contributed by atoms with E-state index in [0.717, 1.165) is 26.1 Å². The molecular formula is C15H19N3O. The number of nitrogens with zero attached hydrogens (tertiary/aromatic N) is 2. The molecule has 1 atom stereocenters. The Morgan fingerprint density at radius 1 is 1.37 bits per heavy atom. The fraction of sp³-hybridized carbons (Fsp3) is 0.400. The summed E-state index contributed by atoms with van der Waals surface area (Å²) in [6.07, 6.45) is 5.85. The van der Waals surface area contributed by atoms with Crippen LogP contribution in [-0.4, -0.2) is 9.78 Å². The molecule has 0 saturated carbocycles. The molecule has 1 aromatic heterocycles. The van der Waals surface area contributed by atoms with E-state index in [1.807, 2.05) is 24.1 Å². The summed E-state index contributed by atoms with van der Waals surface area (Å²) in [5.74, 6) is 0. The normalized spacial score (nSPS) is 15.5. The van der Waals surface area contributed by atoms with Gasteiger partial charge in [-0.25, -0.2) is 0 Å². The highest BCUT2D eigenvalue weighted by Gasteiger charge is 2.14. The van der Waals surface area contributed by atoms with Gasteiger partial charge in [-0.3, -0.25) is 4.68 Å². The number of hydrogen-bond acceptors (Lipinski definition) is 3. The Hall–Kier alpha value is -1.65. The largest absolute Gasteiger partial charge is 0.372 e. The average molecular weight is 257 g/mol. The van der Waals surface area contributed by atoms with Gasteiger partial charge < -0.3 is 10.5 Å². The Morgan fingerprint density at radius 2 is 2.21 bits per heavy atom. The third-order valence-electron chi connectivity index (χ3n) is 3.68. The number of fused-ring (bicyclic) bond motifs is 1. The fourth-order valence-corrected chi connectivity index (χ4v) is 2.51. The maximum atomic E-state index is 6.28. The summed E-state index contributed by atoms with van der Waals surface area (Å²) in [4.78, 5) is 0. The van der Waals surface area contributed by atoms with Crippen LogP contribution in [0.5, 0.6) is 0 Å². The molecule has 0 spiro atoms. The van der Waals surface area contributed by atoms with Gasteiger partial charge in [-0.05, 0) is 35.1 Å². The van der Waals surface area contributed by atoms with Crippen molar-refractivity contribution in [1.29, 1.82) is 0 Å². The second-order valence-corrected chi connectivity index (χ2v) is 5.19. The lowest BCUT2D eigenvalue weighted by Gasteiger charge is -2.12. The van der Waals surface area contributed by atoms with Crippen LogP contribution in [0.1, 0.15) is 34.7 Å². The predicted molar refractivity (Wildman–Crippen MR) is 73.4 cm³/mol. The first kappa shape index (κ1) is 12.4. The minimum atomic E-state index is 0.0751. The van der Waals surface area contributed by atoms with E-state index in [2.05, 4.69) is 23.3 Å². The van der Waals surface area contributed by atoms with Crippen molar-refractivity contribution in [2.45, 2.75) is 32.1 Å². The quantitative estimate of drug-likeness (QED) is 0.912. The first-order valence-corrected chi connectivity index (χ1v) is 6.65. The van der Waals surface area contributed by atoms with E-state index in [9.17, 15) is 0 Å². The zero-order valence-electron chi connectivity index (χ0n) is 11.2. The summed E-state index contributed by atoms with van der Waals surface area (Å²) in [7, 11) is 1.93. The molecule has 1 aliphatic rings. The second-order valence-electron chi connectivity index (χ2n) is 5.19. The molecule has 0 fully saturated rings. The summed E-state index contributed by atoms with van der Waals surface area (Å²) in [5, 5.41) is 4.17. The Labute approximate surface area is 113 Å². The van der Waals surface area contributed by atoms with E-state index >= 15 is 0 Å². The molecule has 100 valence electrons. The minimum Gasteiger partial charge on any atom is -0.372 e. The summed E-state index contributed by atoms with van der Waals surface area (Å²) >= 11 is 0. The van der Waals surface area contributed by atoms with E-state index in [4.69, 9.17) is 10.5 Å². The van der Waals surface area contributed by atoms with Crippen LogP contribution in [0.4, 0.5) is 0 Å². The van der Waals surface area contributed by atoms with Crippen molar-refractivity contribution in [3.8, 4) is 0 Å². The monoisotopic (exact) mass is 257 g/mol. The highest BCUT2D eigenvalue weighted by atomic mass is 16.5. The number of rotatable bonds is 4. The van der Waals surface area contributed by atoms with Crippen LogP contribution in [-0.2, 0) is 31.4 Å². The molecule has 19 heavy (non-hydrogen) atoms. The van der Waals surface area contributed by atoms with Gasteiger partial charge in [-0.1, -0.05) is 18.2 Å². The highest BCUT2D eigenvalue weighted by Crippen LogP contribution is 2.24. The van der Waals surface area contributed by atoms with E-state index in [0.29, 0.717) is 0 Å². The van der Waals surface area contributed by atoms with E-state index in [-0.39, 0.29) is 6.04 Å². The zero-order chi connectivity index (χ0) is 13.2.